The Hall–Kier alpha value is -5.89. The molecular weight excluding hydrogens is 524 g/mol. The van der Waals surface area contributed by atoms with Gasteiger partial charge < -0.3 is 21.5 Å². The van der Waals surface area contributed by atoms with Gasteiger partial charge in [0.2, 0.25) is 0 Å². The van der Waals surface area contributed by atoms with Gasteiger partial charge in [0.25, 0.3) is 5.91 Å². The van der Waals surface area contributed by atoms with Crippen LogP contribution in [0.25, 0.3) is 0 Å². The second-order valence-electron chi connectivity index (χ2n) is 10.1. The molecule has 8 heteroatoms. The van der Waals surface area contributed by atoms with Gasteiger partial charge in [-0.05, 0) is 54.6 Å². The molecule has 0 aromatic heterocycles. The number of aliphatic imine (C=N–C) groups is 1. The molecule has 2 heterocycles. The van der Waals surface area contributed by atoms with Crippen molar-refractivity contribution in [3.8, 4) is 11.5 Å². The fourth-order valence-corrected chi connectivity index (χ4v) is 5.67. The number of para-hydroxylation sites is 1. The number of benzene rings is 5. The number of carbonyl (C=O) groups is 1. The van der Waals surface area contributed by atoms with E-state index in [1.165, 1.54) is 11.2 Å². The molecule has 5 N–H and O–H groups in total. The van der Waals surface area contributed by atoms with Crippen LogP contribution >= 0.6 is 0 Å². The molecule has 0 unspecified atom stereocenters. The van der Waals surface area contributed by atoms with Crippen LogP contribution in [0, 0.1) is 0 Å². The summed E-state index contributed by atoms with van der Waals surface area (Å²) in [5, 5.41) is 9.57. The van der Waals surface area contributed by atoms with Gasteiger partial charge >= 0.3 is 0 Å². The number of amides is 1. The largest absolute Gasteiger partial charge is 0.456 e. The summed E-state index contributed by atoms with van der Waals surface area (Å²) in [6.45, 7) is 0. The van der Waals surface area contributed by atoms with Crippen LogP contribution in [0.3, 0.4) is 0 Å². The van der Waals surface area contributed by atoms with Crippen molar-refractivity contribution < 1.29 is 9.53 Å². The van der Waals surface area contributed by atoms with Gasteiger partial charge in [-0.2, -0.15) is 5.10 Å². The molecule has 2 aliphatic heterocycles. The van der Waals surface area contributed by atoms with Crippen molar-refractivity contribution >= 4 is 46.8 Å². The zero-order chi connectivity index (χ0) is 28.7. The Morgan fingerprint density at radius 3 is 2.00 bits per heavy atom. The highest BCUT2D eigenvalue weighted by atomic mass is 16.5. The van der Waals surface area contributed by atoms with Crippen molar-refractivity contribution in [3.63, 3.8) is 0 Å². The smallest absolute Gasteiger partial charge is 0.275 e. The number of fused-ring (bicyclic) bond motifs is 6. The summed E-state index contributed by atoms with van der Waals surface area (Å²) in [6, 6.07) is 36.1. The molecule has 204 valence electrons. The van der Waals surface area contributed by atoms with Crippen molar-refractivity contribution in [3.05, 3.63) is 138 Å². The SMILES string of the molecule is Nc1ccc2c(c1)Oc1cc(N)ccc1C21c2ccccc2C(=O)N1/N=C/C=N/c1ccc(Nc2ccccc2)cc1. The zero-order valence-electron chi connectivity index (χ0n) is 22.4. The number of ether oxygens (including phenoxy) is 1. The molecule has 5 aromatic carbocycles. The molecule has 7 rings (SSSR count). The van der Waals surface area contributed by atoms with Crippen LogP contribution in [0.4, 0.5) is 28.4 Å². The third-order valence-corrected chi connectivity index (χ3v) is 7.47. The van der Waals surface area contributed by atoms with Gasteiger partial charge in [-0.1, -0.05) is 48.5 Å². The predicted octanol–water partition coefficient (Wildman–Crippen LogP) is 6.84. The number of nitrogens with one attached hydrogen (secondary N) is 1. The van der Waals surface area contributed by atoms with E-state index in [9.17, 15) is 4.79 Å². The van der Waals surface area contributed by atoms with Gasteiger partial charge in [0.15, 0.2) is 0 Å². The maximum absolute atomic E-state index is 13.9. The Balaban J connectivity index is 1.26. The number of nitrogens with zero attached hydrogens (tertiary/aromatic N) is 3. The second-order valence-corrected chi connectivity index (χ2v) is 10.1. The van der Waals surface area contributed by atoms with E-state index in [0.717, 1.165) is 33.8 Å². The summed E-state index contributed by atoms with van der Waals surface area (Å²) in [5.74, 6) is 0.838. The summed E-state index contributed by atoms with van der Waals surface area (Å²) in [4.78, 5) is 18.5. The lowest BCUT2D eigenvalue weighted by Gasteiger charge is -2.41. The lowest BCUT2D eigenvalue weighted by molar-refractivity contribution is 0.0676. The average Bonchev–Trinajstić information content (AvgIpc) is 3.24. The fraction of sp³-hybridized carbons (Fsp3) is 0.0294. The van der Waals surface area contributed by atoms with Gasteiger partial charge in [0.1, 0.15) is 17.0 Å². The second kappa shape index (κ2) is 9.94. The normalized spacial score (nSPS) is 14.6. The molecule has 42 heavy (non-hydrogen) atoms. The quantitative estimate of drug-likeness (QED) is 0.164. The van der Waals surface area contributed by atoms with Crippen molar-refractivity contribution in [2.24, 2.45) is 10.1 Å². The van der Waals surface area contributed by atoms with Gasteiger partial charge in [0.05, 0.1) is 11.9 Å². The summed E-state index contributed by atoms with van der Waals surface area (Å²) >= 11 is 0. The molecule has 0 saturated carbocycles. The molecule has 0 bridgehead atoms. The highest BCUT2D eigenvalue weighted by molar-refractivity contribution is 6.17. The number of hydrogen-bond acceptors (Lipinski definition) is 7. The molecule has 0 radical (unpaired) electrons. The Kier molecular flexibility index (Phi) is 5.94. The minimum absolute atomic E-state index is 0.237. The highest BCUT2D eigenvalue weighted by Gasteiger charge is 2.57. The standard InChI is InChI=1S/C34H26N6O2/c35-22-10-16-29-31(20-22)42-32-21-23(36)11-17-30(32)34(29)28-9-5-4-8-27(28)33(41)40(34)38-19-18-37-24-12-14-26(15-13-24)39-25-6-2-1-3-7-25/h1-21,39H,35-36H2/b37-18+,38-19+. The molecule has 0 fully saturated rings. The molecule has 8 nitrogen and oxygen atoms in total. The van der Waals surface area contributed by atoms with Crippen molar-refractivity contribution in [1.29, 1.82) is 0 Å². The van der Waals surface area contributed by atoms with E-state index in [1.54, 1.807) is 30.5 Å². The Labute approximate surface area is 242 Å². The van der Waals surface area contributed by atoms with Crippen molar-refractivity contribution in [1.82, 2.24) is 5.01 Å². The first-order valence-corrected chi connectivity index (χ1v) is 13.4. The molecular formula is C34H26N6O2. The molecule has 0 atom stereocenters. The van der Waals surface area contributed by atoms with Crippen LogP contribution in [0.5, 0.6) is 11.5 Å². The predicted molar refractivity (Wildman–Crippen MR) is 167 cm³/mol. The minimum Gasteiger partial charge on any atom is -0.456 e. The summed E-state index contributed by atoms with van der Waals surface area (Å²) in [7, 11) is 0. The van der Waals surface area contributed by atoms with Crippen LogP contribution in [0.15, 0.2) is 125 Å². The summed E-state index contributed by atoms with van der Waals surface area (Å²) in [5.41, 5.74) is 17.8. The summed E-state index contributed by atoms with van der Waals surface area (Å²) < 4.78 is 6.27. The van der Waals surface area contributed by atoms with Gasteiger partial charge in [0, 0.05) is 63.4 Å². The van der Waals surface area contributed by atoms with E-state index in [2.05, 4.69) is 10.3 Å². The lowest BCUT2D eigenvalue weighted by atomic mass is 9.75. The van der Waals surface area contributed by atoms with E-state index >= 15 is 0 Å². The topological polar surface area (TPSA) is 118 Å². The Morgan fingerprint density at radius 2 is 1.31 bits per heavy atom. The number of hydrazone groups is 1. The number of anilines is 4. The van der Waals surface area contributed by atoms with E-state index < -0.39 is 5.54 Å². The van der Waals surface area contributed by atoms with E-state index in [1.807, 2.05) is 91.0 Å². The Morgan fingerprint density at radius 1 is 0.690 bits per heavy atom. The van der Waals surface area contributed by atoms with Crippen LogP contribution in [0.1, 0.15) is 27.0 Å². The van der Waals surface area contributed by atoms with E-state index in [-0.39, 0.29) is 5.91 Å². The van der Waals surface area contributed by atoms with E-state index in [4.69, 9.17) is 21.3 Å². The van der Waals surface area contributed by atoms with Gasteiger partial charge in [-0.3, -0.25) is 9.79 Å². The maximum atomic E-state index is 13.9. The van der Waals surface area contributed by atoms with Crippen molar-refractivity contribution in [2.75, 3.05) is 16.8 Å². The first-order chi connectivity index (χ1) is 20.5. The number of rotatable bonds is 5. The fourth-order valence-electron chi connectivity index (χ4n) is 5.67. The Bertz CT molecular complexity index is 1830. The average molecular weight is 551 g/mol. The van der Waals surface area contributed by atoms with Gasteiger partial charge in [-0.15, -0.1) is 0 Å². The molecule has 1 amide bonds. The molecule has 0 saturated heterocycles. The van der Waals surface area contributed by atoms with E-state index in [0.29, 0.717) is 28.4 Å². The number of nitrogen functional groups attached to an aromatic ring is 2. The maximum Gasteiger partial charge on any atom is 0.275 e. The van der Waals surface area contributed by atoms with Crippen LogP contribution in [-0.4, -0.2) is 23.3 Å². The van der Waals surface area contributed by atoms with Crippen molar-refractivity contribution in [2.45, 2.75) is 5.54 Å². The number of carbonyl (C=O) groups excluding carboxylic acids is 1. The summed E-state index contributed by atoms with van der Waals surface area (Å²) in [6.07, 6.45) is 3.11. The number of nitrogens with two attached hydrogens (primary N) is 2. The van der Waals surface area contributed by atoms with Crippen LogP contribution < -0.4 is 21.5 Å². The third kappa shape index (κ3) is 4.05. The molecule has 1 spiro atoms. The molecule has 0 aliphatic carbocycles. The third-order valence-electron chi connectivity index (χ3n) is 7.47. The van der Waals surface area contributed by atoms with Gasteiger partial charge in [-0.25, -0.2) is 5.01 Å². The first-order valence-electron chi connectivity index (χ1n) is 13.4. The molecule has 5 aromatic rings. The number of hydrogen-bond donors (Lipinski definition) is 3. The monoisotopic (exact) mass is 550 g/mol. The van der Waals surface area contributed by atoms with Crippen LogP contribution in [-0.2, 0) is 5.54 Å². The highest BCUT2D eigenvalue weighted by Crippen LogP contribution is 2.57. The first kappa shape index (κ1) is 25.1. The zero-order valence-corrected chi connectivity index (χ0v) is 22.4. The minimum atomic E-state index is -1.09. The molecule has 2 aliphatic rings. The lowest BCUT2D eigenvalue weighted by Crippen LogP contribution is -2.44. The van der Waals surface area contributed by atoms with Crippen LogP contribution in [0.2, 0.25) is 0 Å².